The summed E-state index contributed by atoms with van der Waals surface area (Å²) in [5.41, 5.74) is 11.3. The predicted octanol–water partition coefficient (Wildman–Crippen LogP) is 11.1. The van der Waals surface area contributed by atoms with E-state index >= 15 is 0 Å². The van der Waals surface area contributed by atoms with Gasteiger partial charge in [-0.15, -0.1) is 0 Å². The molecule has 3 unspecified atom stereocenters. The third-order valence-electron chi connectivity index (χ3n) is 14.3. The topological polar surface area (TPSA) is 256 Å². The first-order valence-corrected chi connectivity index (χ1v) is 27.1. The maximum Gasteiger partial charge on any atom is 0.418 e. The second-order valence-corrected chi connectivity index (χ2v) is 20.1. The lowest BCUT2D eigenvalue weighted by atomic mass is 9.88. The standard InChI is InChI=1S/C20H22F3N3O3.C19H22F3N5O.C18H20F3N5O.8H2/c1-12(13-6-9-28-10-7-13)11-29-16-5-4-15(20(21,22)23)17(26-16)18(27)14-3-2-8-25-19(14)24;1-2-4-12-11-27(10-9-24-12)15-7-6-14(19(20,21)22)16(26-15)17(28)13-5-3-8-25-18(13)23;1-2-11-10-26(9-8-23-11)14-6-5-13(18(19,20)21)15(25-14)16(27)12-4-3-7-24-17(12)22;;;;;;;;/h2-5,8,12-13H,6-7,9-11H2,1H3,(H2,24,25);3,5-8,12,24H,2,4,9-11H2,1H3,(H2,23,25);3-7,11,23H,2,8-10H2,1H3,(H2,22,24);8*1H. The van der Waals surface area contributed by atoms with Gasteiger partial charge in [-0.3, -0.25) is 14.4 Å². The minimum Gasteiger partial charge on any atom is -0.477 e. The molecule has 84 heavy (non-hydrogen) atoms. The van der Waals surface area contributed by atoms with Gasteiger partial charge in [0.2, 0.25) is 23.2 Å². The van der Waals surface area contributed by atoms with Crippen molar-refractivity contribution in [3.63, 3.8) is 0 Å². The van der Waals surface area contributed by atoms with E-state index in [0.29, 0.717) is 70.0 Å². The average molecular weight is 1200 g/mol. The number of nitrogens with one attached hydrogen (secondary N) is 2. The zero-order valence-corrected chi connectivity index (χ0v) is 46.1. The fraction of sp³-hybridized carbons (Fsp3) is 0.421. The largest absolute Gasteiger partial charge is 0.477 e. The number of rotatable bonds is 15. The van der Waals surface area contributed by atoms with Crippen molar-refractivity contribution in [2.24, 2.45) is 11.8 Å². The summed E-state index contributed by atoms with van der Waals surface area (Å²) in [6.45, 7) is 11.6. The molecule has 3 atom stereocenters. The monoisotopic (exact) mass is 1200 g/mol. The molecule has 3 fully saturated rings. The van der Waals surface area contributed by atoms with E-state index in [9.17, 15) is 53.9 Å². The normalized spacial score (nSPS) is 17.2. The summed E-state index contributed by atoms with van der Waals surface area (Å²) in [5.74, 6) is -1.91. The minimum absolute atomic E-state index is 0. The molecule has 3 aliphatic rings. The zero-order valence-electron chi connectivity index (χ0n) is 46.1. The van der Waals surface area contributed by atoms with Crippen LogP contribution in [0.2, 0.25) is 0 Å². The molecular formula is C57H80F9N13O5. The molecule has 0 aliphatic carbocycles. The number of anilines is 5. The molecule has 0 amide bonds. The van der Waals surface area contributed by atoms with Gasteiger partial charge in [0.05, 0.1) is 40.0 Å². The summed E-state index contributed by atoms with van der Waals surface area (Å²) < 4.78 is 132. The SMILES string of the molecule is CC(COc1ccc(C(F)(F)F)c(C(=O)c2cccnc2N)n1)C1CCOCC1.CCC1CN(c2ccc(C(F)(F)F)c(C(=O)c3cccnc3N)n2)CCN1.CCCC1CN(c2ccc(C(F)(F)F)c(C(=O)c3cccnc3N)n2)CCN1.[HH].[HH].[HH].[HH].[HH].[HH].[HH].[HH]. The number of ketones is 3. The van der Waals surface area contributed by atoms with E-state index < -0.39 is 69.7 Å². The molecule has 466 valence electrons. The molecule has 3 saturated heterocycles. The predicted molar refractivity (Wildman–Crippen MR) is 312 cm³/mol. The molecule has 9 rings (SSSR count). The van der Waals surface area contributed by atoms with Crippen LogP contribution in [-0.2, 0) is 23.3 Å². The Morgan fingerprint density at radius 3 is 1.43 bits per heavy atom. The van der Waals surface area contributed by atoms with Crippen molar-refractivity contribution in [3.05, 3.63) is 142 Å². The molecular weight excluding hydrogens is 1120 g/mol. The summed E-state index contributed by atoms with van der Waals surface area (Å²) in [6, 6.07) is 15.2. The van der Waals surface area contributed by atoms with Crippen LogP contribution >= 0.6 is 0 Å². The van der Waals surface area contributed by atoms with Gasteiger partial charge in [0.1, 0.15) is 46.2 Å². The first-order chi connectivity index (χ1) is 39.9. The van der Waals surface area contributed by atoms with E-state index in [-0.39, 0.29) is 76.0 Å². The van der Waals surface area contributed by atoms with Crippen LogP contribution in [0.5, 0.6) is 5.88 Å². The van der Waals surface area contributed by atoms with Gasteiger partial charge in [-0.1, -0.05) is 27.2 Å². The summed E-state index contributed by atoms with van der Waals surface area (Å²) >= 11 is 0. The fourth-order valence-corrected chi connectivity index (χ4v) is 9.71. The van der Waals surface area contributed by atoms with Crippen LogP contribution in [0.25, 0.3) is 0 Å². The van der Waals surface area contributed by atoms with Crippen molar-refractivity contribution in [2.75, 3.05) is 86.1 Å². The van der Waals surface area contributed by atoms with Gasteiger partial charge >= 0.3 is 18.5 Å². The molecule has 0 radical (unpaired) electrons. The van der Waals surface area contributed by atoms with E-state index in [4.69, 9.17) is 26.7 Å². The Balaban J connectivity index is 0. The van der Waals surface area contributed by atoms with Crippen LogP contribution in [0.4, 0.5) is 68.6 Å². The molecule has 18 nitrogen and oxygen atoms in total. The number of hydrogen-bond donors (Lipinski definition) is 5. The number of nitrogens with zero attached hydrogens (tertiary/aromatic N) is 8. The minimum atomic E-state index is -4.75. The molecule has 0 bridgehead atoms. The second-order valence-electron chi connectivity index (χ2n) is 20.1. The Morgan fingerprint density at radius 1 is 0.619 bits per heavy atom. The number of ether oxygens (including phenoxy) is 2. The third kappa shape index (κ3) is 16.2. The van der Waals surface area contributed by atoms with E-state index in [1.807, 2.05) is 23.6 Å². The van der Waals surface area contributed by atoms with Crippen molar-refractivity contribution < 1.29 is 74.8 Å². The third-order valence-corrected chi connectivity index (χ3v) is 14.3. The number of piperazine rings is 2. The molecule has 6 aromatic heterocycles. The Kier molecular flexibility index (Phi) is 21.2. The smallest absolute Gasteiger partial charge is 0.418 e. The highest BCUT2D eigenvalue weighted by atomic mass is 19.4. The van der Waals surface area contributed by atoms with Gasteiger partial charge in [0.25, 0.3) is 0 Å². The lowest BCUT2D eigenvalue weighted by molar-refractivity contribution is -0.139. The van der Waals surface area contributed by atoms with Gasteiger partial charge in [-0.2, -0.15) is 39.5 Å². The molecule has 3 aliphatic heterocycles. The number of pyridine rings is 6. The van der Waals surface area contributed by atoms with Crippen LogP contribution in [0.1, 0.15) is 129 Å². The maximum atomic E-state index is 13.5. The molecule has 8 N–H and O–H groups in total. The maximum absolute atomic E-state index is 13.5. The van der Waals surface area contributed by atoms with Gasteiger partial charge in [0, 0.05) is 101 Å². The fourth-order valence-electron chi connectivity index (χ4n) is 9.71. The van der Waals surface area contributed by atoms with Gasteiger partial charge in [-0.25, -0.2) is 29.9 Å². The number of nitrogen functional groups attached to an aromatic ring is 3. The molecule has 0 spiro atoms. The summed E-state index contributed by atoms with van der Waals surface area (Å²) in [5, 5.41) is 6.72. The number of aromatic nitrogens is 6. The number of carbonyl (C=O) groups is 3. The van der Waals surface area contributed by atoms with Gasteiger partial charge in [-0.05, 0) is 104 Å². The molecule has 6 aromatic rings. The Bertz CT molecular complexity index is 3270. The average Bonchev–Trinajstić information content (AvgIpc) is 0.805. The summed E-state index contributed by atoms with van der Waals surface area (Å²) in [4.78, 5) is 65.5. The number of halogens is 9. The van der Waals surface area contributed by atoms with Crippen molar-refractivity contribution in [3.8, 4) is 5.88 Å². The van der Waals surface area contributed by atoms with Gasteiger partial charge < -0.3 is 47.1 Å². The van der Waals surface area contributed by atoms with E-state index in [1.54, 1.807) is 0 Å². The van der Waals surface area contributed by atoms with Crippen LogP contribution in [-0.4, -0.2) is 118 Å². The van der Waals surface area contributed by atoms with Crippen LogP contribution < -0.4 is 42.4 Å². The van der Waals surface area contributed by atoms with Crippen LogP contribution in [0.15, 0.2) is 91.4 Å². The number of nitrogens with two attached hydrogens (primary N) is 3. The zero-order chi connectivity index (χ0) is 60.9. The number of carbonyl (C=O) groups excluding carboxylic acids is 3. The van der Waals surface area contributed by atoms with Crippen molar-refractivity contribution in [1.29, 1.82) is 0 Å². The number of hydrogen-bond acceptors (Lipinski definition) is 18. The van der Waals surface area contributed by atoms with Gasteiger partial charge in [0.15, 0.2) is 0 Å². The highest BCUT2D eigenvalue weighted by molar-refractivity contribution is 6.13. The van der Waals surface area contributed by atoms with Crippen molar-refractivity contribution in [1.82, 2.24) is 40.5 Å². The first-order valence-electron chi connectivity index (χ1n) is 27.1. The van der Waals surface area contributed by atoms with Crippen LogP contribution in [0, 0.1) is 11.8 Å². The highest BCUT2D eigenvalue weighted by Gasteiger charge is 2.40. The molecule has 27 heteroatoms. The van der Waals surface area contributed by atoms with Crippen molar-refractivity contribution in [2.45, 2.75) is 83.5 Å². The molecule has 0 saturated carbocycles. The number of alkyl halides is 9. The summed E-state index contributed by atoms with van der Waals surface area (Å²) in [6.07, 6.45) is -5.42. The van der Waals surface area contributed by atoms with Crippen LogP contribution in [0.3, 0.4) is 0 Å². The second kappa shape index (κ2) is 28.0. The van der Waals surface area contributed by atoms with E-state index in [2.05, 4.69) is 47.5 Å². The van der Waals surface area contributed by atoms with E-state index in [1.165, 1.54) is 67.1 Å². The molecule has 9 heterocycles. The lowest BCUT2D eigenvalue weighted by Gasteiger charge is -2.34. The lowest BCUT2D eigenvalue weighted by Crippen LogP contribution is -2.51. The Hall–Kier alpha value is -8.04. The van der Waals surface area contributed by atoms with E-state index in [0.717, 1.165) is 56.4 Å². The Morgan fingerprint density at radius 2 is 1.02 bits per heavy atom. The molecule has 0 aromatic carbocycles. The Labute approximate surface area is 490 Å². The quantitative estimate of drug-likeness (QED) is 0.0473. The first kappa shape index (κ1) is 63.5. The summed E-state index contributed by atoms with van der Waals surface area (Å²) in [7, 11) is 0. The highest BCUT2D eigenvalue weighted by Crippen LogP contribution is 2.37. The van der Waals surface area contributed by atoms with Crippen molar-refractivity contribution >= 4 is 46.4 Å².